The number of alkyl halides is 2. The third-order valence-corrected chi connectivity index (χ3v) is 5.53. The van der Waals surface area contributed by atoms with E-state index in [4.69, 9.17) is 4.74 Å². The molecule has 1 unspecified atom stereocenters. The lowest BCUT2D eigenvalue weighted by molar-refractivity contribution is -0.159. The molecule has 1 saturated heterocycles. The van der Waals surface area contributed by atoms with Gasteiger partial charge in [-0.25, -0.2) is 4.79 Å². The zero-order valence-corrected chi connectivity index (χ0v) is 12.3. The minimum absolute atomic E-state index is 0.0680. The molecule has 0 N–H and O–H groups in total. The summed E-state index contributed by atoms with van der Waals surface area (Å²) in [6.45, 7) is 1.93. The number of hydrogen-bond acceptors (Lipinski definition) is 5. The lowest BCUT2D eigenvalue weighted by atomic mass is 10.2. The van der Waals surface area contributed by atoms with Crippen molar-refractivity contribution in [3.8, 4) is 0 Å². The topological polar surface area (TPSA) is 61.8 Å². The molecule has 7 heteroatoms. The van der Waals surface area contributed by atoms with E-state index in [1.165, 1.54) is 0 Å². The standard InChI is InChI=1S/C8H10I2O5/c1-8(10,4-9)6(11)15-5-2-13-7(12)14-3-5/h5H,2-4H2,1H3. The highest BCUT2D eigenvalue weighted by Crippen LogP contribution is 2.23. The number of ether oxygens (including phenoxy) is 3. The van der Waals surface area contributed by atoms with E-state index in [1.54, 1.807) is 6.92 Å². The van der Waals surface area contributed by atoms with Crippen molar-refractivity contribution >= 4 is 57.3 Å². The van der Waals surface area contributed by atoms with Crippen LogP contribution >= 0.6 is 45.2 Å². The van der Waals surface area contributed by atoms with Crippen molar-refractivity contribution < 1.29 is 23.8 Å². The molecule has 0 amide bonds. The quantitative estimate of drug-likeness (QED) is 0.380. The third-order valence-electron chi connectivity index (χ3n) is 1.72. The lowest BCUT2D eigenvalue weighted by Crippen LogP contribution is -2.41. The van der Waals surface area contributed by atoms with Crippen molar-refractivity contribution in [2.24, 2.45) is 0 Å². The van der Waals surface area contributed by atoms with Crippen LogP contribution in [0.1, 0.15) is 6.92 Å². The van der Waals surface area contributed by atoms with Crippen LogP contribution in [0.5, 0.6) is 0 Å². The number of carbonyl (C=O) groups excluding carboxylic acids is 2. The van der Waals surface area contributed by atoms with E-state index in [9.17, 15) is 9.59 Å². The highest BCUT2D eigenvalue weighted by Gasteiger charge is 2.34. The summed E-state index contributed by atoms with van der Waals surface area (Å²) in [7, 11) is 0. The fourth-order valence-electron chi connectivity index (χ4n) is 0.809. The monoisotopic (exact) mass is 440 g/mol. The normalized spacial score (nSPS) is 21.1. The molecule has 1 atom stereocenters. The molecule has 1 aliphatic heterocycles. The van der Waals surface area contributed by atoms with Crippen molar-refractivity contribution in [1.29, 1.82) is 0 Å². The Hall–Kier alpha value is 0.200. The predicted molar refractivity (Wildman–Crippen MR) is 68.5 cm³/mol. The van der Waals surface area contributed by atoms with Crippen LogP contribution in [-0.2, 0) is 19.0 Å². The number of esters is 1. The Balaban J connectivity index is 2.42. The molecule has 0 aromatic carbocycles. The molecule has 0 aromatic heterocycles. The van der Waals surface area contributed by atoms with E-state index < -0.39 is 15.7 Å². The summed E-state index contributed by atoms with van der Waals surface area (Å²) in [5.41, 5.74) is 0. The smallest absolute Gasteiger partial charge is 0.454 e. The van der Waals surface area contributed by atoms with Crippen molar-refractivity contribution in [2.75, 3.05) is 17.6 Å². The molecule has 1 aliphatic rings. The van der Waals surface area contributed by atoms with Gasteiger partial charge in [-0.2, -0.15) is 0 Å². The van der Waals surface area contributed by atoms with Gasteiger partial charge in [-0.3, -0.25) is 4.79 Å². The van der Waals surface area contributed by atoms with E-state index in [1.807, 2.05) is 22.6 Å². The van der Waals surface area contributed by atoms with Gasteiger partial charge in [-0.15, -0.1) is 0 Å². The second-order valence-corrected chi connectivity index (χ2v) is 6.37. The number of carbonyl (C=O) groups is 2. The van der Waals surface area contributed by atoms with Gasteiger partial charge in [0.2, 0.25) is 0 Å². The molecule has 0 aliphatic carbocycles. The molecule has 5 nitrogen and oxygen atoms in total. The first kappa shape index (κ1) is 13.3. The number of halogens is 2. The highest BCUT2D eigenvalue weighted by molar-refractivity contribution is 14.1. The summed E-state index contributed by atoms with van der Waals surface area (Å²) >= 11 is 4.15. The van der Waals surface area contributed by atoms with Gasteiger partial charge in [0.25, 0.3) is 0 Å². The number of rotatable bonds is 3. The van der Waals surface area contributed by atoms with Crippen LogP contribution in [0.4, 0.5) is 4.79 Å². The minimum Gasteiger partial charge on any atom is -0.454 e. The van der Waals surface area contributed by atoms with Crippen molar-refractivity contribution in [2.45, 2.75) is 16.4 Å². The van der Waals surface area contributed by atoms with Gasteiger partial charge in [0.1, 0.15) is 16.6 Å². The van der Waals surface area contributed by atoms with Crippen molar-refractivity contribution in [3.63, 3.8) is 0 Å². The van der Waals surface area contributed by atoms with Crippen LogP contribution in [0.25, 0.3) is 0 Å². The number of hydrogen-bond donors (Lipinski definition) is 0. The van der Waals surface area contributed by atoms with Crippen LogP contribution in [-0.4, -0.2) is 39.3 Å². The first-order valence-corrected chi connectivity index (χ1v) is 6.81. The summed E-state index contributed by atoms with van der Waals surface area (Å²) in [5, 5.41) is 0. The molecular formula is C8H10I2O5. The van der Waals surface area contributed by atoms with Crippen molar-refractivity contribution in [3.05, 3.63) is 0 Å². The van der Waals surface area contributed by atoms with E-state index in [0.717, 1.165) is 0 Å². The lowest BCUT2D eigenvalue weighted by Gasteiger charge is -2.25. The molecule has 0 spiro atoms. The zero-order chi connectivity index (χ0) is 11.5. The maximum atomic E-state index is 11.6. The van der Waals surface area contributed by atoms with Crippen LogP contribution in [0.15, 0.2) is 0 Å². The largest absolute Gasteiger partial charge is 0.508 e. The SMILES string of the molecule is CC(I)(CI)C(=O)OC1COC(=O)OC1. The molecule has 1 heterocycles. The fraction of sp³-hybridized carbons (Fsp3) is 0.750. The summed E-state index contributed by atoms with van der Waals surface area (Å²) in [6, 6.07) is 0. The van der Waals surface area contributed by atoms with Gasteiger partial charge in [0.15, 0.2) is 6.10 Å². The first-order valence-electron chi connectivity index (χ1n) is 4.21. The van der Waals surface area contributed by atoms with E-state index >= 15 is 0 Å². The Morgan fingerprint density at radius 3 is 2.60 bits per heavy atom. The van der Waals surface area contributed by atoms with E-state index in [2.05, 4.69) is 32.1 Å². The second-order valence-electron chi connectivity index (χ2n) is 3.23. The average molecular weight is 440 g/mol. The highest BCUT2D eigenvalue weighted by atomic mass is 127. The van der Waals surface area contributed by atoms with Gasteiger partial charge in [0, 0.05) is 4.43 Å². The summed E-state index contributed by atoms with van der Waals surface area (Å²) in [6.07, 6.45) is -1.21. The maximum absolute atomic E-state index is 11.6. The minimum atomic E-state index is -0.714. The fourth-order valence-corrected chi connectivity index (χ4v) is 1.25. The summed E-state index contributed by atoms with van der Waals surface area (Å²) in [5.74, 6) is -0.316. The van der Waals surface area contributed by atoms with Gasteiger partial charge >= 0.3 is 12.1 Å². The molecule has 0 bridgehead atoms. The third kappa shape index (κ3) is 3.93. The molecular weight excluding hydrogens is 430 g/mol. The second kappa shape index (κ2) is 5.51. The Kier molecular flexibility index (Phi) is 4.87. The first-order chi connectivity index (χ1) is 6.95. The molecule has 86 valence electrons. The van der Waals surface area contributed by atoms with Crippen LogP contribution in [0.2, 0.25) is 0 Å². The maximum Gasteiger partial charge on any atom is 0.508 e. The van der Waals surface area contributed by atoms with Crippen molar-refractivity contribution in [1.82, 2.24) is 0 Å². The van der Waals surface area contributed by atoms with Crippen LogP contribution < -0.4 is 0 Å². The average Bonchev–Trinajstić information content (AvgIpc) is 2.21. The molecule has 1 fully saturated rings. The van der Waals surface area contributed by atoms with Gasteiger partial charge in [-0.05, 0) is 6.92 Å². The van der Waals surface area contributed by atoms with Crippen LogP contribution in [0, 0.1) is 0 Å². The van der Waals surface area contributed by atoms with Gasteiger partial charge in [-0.1, -0.05) is 45.2 Å². The van der Waals surface area contributed by atoms with Gasteiger partial charge < -0.3 is 14.2 Å². The molecule has 1 rings (SSSR count). The van der Waals surface area contributed by atoms with Gasteiger partial charge in [0.05, 0.1) is 0 Å². The molecule has 15 heavy (non-hydrogen) atoms. The molecule has 0 radical (unpaired) electrons. The number of cyclic esters (lactones) is 2. The molecule has 0 aromatic rings. The Bertz CT molecular complexity index is 256. The van der Waals surface area contributed by atoms with E-state index in [0.29, 0.717) is 4.43 Å². The summed E-state index contributed by atoms with van der Waals surface area (Å²) < 4.78 is 14.4. The van der Waals surface area contributed by atoms with Crippen LogP contribution in [0.3, 0.4) is 0 Å². The Morgan fingerprint density at radius 1 is 1.60 bits per heavy atom. The Morgan fingerprint density at radius 2 is 2.13 bits per heavy atom. The Labute approximate surface area is 114 Å². The zero-order valence-electron chi connectivity index (χ0n) is 8.00. The van der Waals surface area contributed by atoms with E-state index in [-0.39, 0.29) is 19.2 Å². The summed E-state index contributed by atoms with van der Waals surface area (Å²) in [4.78, 5) is 22.2. The predicted octanol–water partition coefficient (Wildman–Crippen LogP) is 1.69. The molecule has 0 saturated carbocycles.